The molecule has 58 valence electrons. The van der Waals surface area contributed by atoms with Crippen LogP contribution in [-0.4, -0.2) is 12.6 Å². The molecule has 0 saturated heterocycles. The lowest BCUT2D eigenvalue weighted by atomic mass is 10.2. The van der Waals surface area contributed by atoms with Gasteiger partial charge in [0, 0.05) is 6.21 Å². The topological polar surface area (TPSA) is 64.4 Å². The number of alkyl halides is 1. The van der Waals surface area contributed by atoms with Crippen LogP contribution in [0, 0.1) is 0 Å². The van der Waals surface area contributed by atoms with Crippen molar-refractivity contribution in [2.75, 3.05) is 0 Å². The molecule has 0 spiro atoms. The Kier molecular flexibility index (Phi) is 4.49. The second kappa shape index (κ2) is 4.93. The normalized spacial score (nSPS) is 16.1. The fourth-order valence-corrected chi connectivity index (χ4v) is 0.419. The molecule has 1 unspecified atom stereocenters. The molecule has 0 rings (SSSR count). The van der Waals surface area contributed by atoms with Gasteiger partial charge in [-0.1, -0.05) is 6.92 Å². The number of allylic oxidation sites excluding steroid dienone is 1. The molecular formula is C6H12FN3. The fraction of sp³-hybridized carbons (Fsp3) is 0.500. The monoisotopic (exact) mass is 145 g/mol. The summed E-state index contributed by atoms with van der Waals surface area (Å²) in [7, 11) is 0. The average molecular weight is 145 g/mol. The number of hydrogen-bond donors (Lipinski definition) is 2. The minimum atomic E-state index is -1.64. The molecule has 0 amide bonds. The first-order valence-corrected chi connectivity index (χ1v) is 3.04. The maximum atomic E-state index is 11.8. The summed E-state index contributed by atoms with van der Waals surface area (Å²) >= 11 is 0. The van der Waals surface area contributed by atoms with E-state index in [-0.39, 0.29) is 0 Å². The minimum absolute atomic E-state index is 0.729. The molecule has 0 aliphatic carbocycles. The quantitative estimate of drug-likeness (QED) is 0.449. The molecule has 0 bridgehead atoms. The largest absolute Gasteiger partial charge is 0.404 e. The molecule has 0 aliphatic rings. The summed E-state index contributed by atoms with van der Waals surface area (Å²) in [5.41, 5.74) is 10.6. The third-order valence-electron chi connectivity index (χ3n) is 1.01. The van der Waals surface area contributed by atoms with Gasteiger partial charge in [-0.3, -0.25) is 5.73 Å². The first-order valence-electron chi connectivity index (χ1n) is 3.04. The van der Waals surface area contributed by atoms with E-state index in [9.17, 15) is 4.39 Å². The molecule has 0 aliphatic heterocycles. The molecular weight excluding hydrogens is 133 g/mol. The third-order valence-corrected chi connectivity index (χ3v) is 1.01. The predicted molar refractivity (Wildman–Crippen MR) is 40.1 cm³/mol. The van der Waals surface area contributed by atoms with Gasteiger partial charge < -0.3 is 5.73 Å². The third kappa shape index (κ3) is 4.03. The van der Waals surface area contributed by atoms with E-state index < -0.39 is 6.42 Å². The molecule has 4 heteroatoms. The second-order valence-electron chi connectivity index (χ2n) is 1.75. The van der Waals surface area contributed by atoms with Crippen LogP contribution >= 0.6 is 0 Å². The van der Waals surface area contributed by atoms with E-state index in [4.69, 9.17) is 11.5 Å². The van der Waals surface area contributed by atoms with Crippen LogP contribution < -0.4 is 11.5 Å². The summed E-state index contributed by atoms with van der Waals surface area (Å²) in [6, 6.07) is 0. The van der Waals surface area contributed by atoms with Crippen molar-refractivity contribution in [3.05, 3.63) is 11.8 Å². The van der Waals surface area contributed by atoms with Crippen LogP contribution in [0.1, 0.15) is 13.3 Å². The lowest BCUT2D eigenvalue weighted by molar-refractivity contribution is 0.360. The van der Waals surface area contributed by atoms with Crippen molar-refractivity contribution in [3.63, 3.8) is 0 Å². The molecule has 0 aromatic rings. The first-order chi connectivity index (χ1) is 4.70. The number of hydrogen-bond acceptors (Lipinski definition) is 3. The Morgan fingerprint density at radius 3 is 2.70 bits per heavy atom. The Morgan fingerprint density at radius 1 is 1.80 bits per heavy atom. The zero-order chi connectivity index (χ0) is 7.98. The van der Waals surface area contributed by atoms with Gasteiger partial charge in [0.15, 0.2) is 0 Å². The smallest absolute Gasteiger partial charge is 0.241 e. The van der Waals surface area contributed by atoms with Gasteiger partial charge >= 0.3 is 0 Å². The summed E-state index contributed by atoms with van der Waals surface area (Å²) in [4.78, 5) is 3.30. The van der Waals surface area contributed by atoms with Crippen LogP contribution in [-0.2, 0) is 0 Å². The molecule has 0 aromatic heterocycles. The highest BCUT2D eigenvalue weighted by Gasteiger charge is 1.90. The van der Waals surface area contributed by atoms with Crippen LogP contribution in [0.2, 0.25) is 0 Å². The number of nitrogens with zero attached hydrogens (tertiary/aromatic N) is 1. The van der Waals surface area contributed by atoms with E-state index in [2.05, 4.69) is 4.99 Å². The Bertz CT molecular complexity index is 140. The predicted octanol–water partition coefficient (Wildman–Crippen LogP) is 0.522. The van der Waals surface area contributed by atoms with Crippen molar-refractivity contribution in [2.45, 2.75) is 19.8 Å². The summed E-state index contributed by atoms with van der Waals surface area (Å²) in [6.07, 6.45) is 1.81. The van der Waals surface area contributed by atoms with Crippen molar-refractivity contribution in [1.82, 2.24) is 0 Å². The van der Waals surface area contributed by atoms with Crippen LogP contribution in [0.3, 0.4) is 0 Å². The van der Waals surface area contributed by atoms with Gasteiger partial charge in [0.25, 0.3) is 0 Å². The first kappa shape index (κ1) is 9.10. The standard InChI is InChI=1S/C6H12FN3/c1-2-5(3-8)4-10-6(7)9/h3-4,6H,2,8-9H2,1H3/b5-3-,10-4+. The van der Waals surface area contributed by atoms with Crippen molar-refractivity contribution in [1.29, 1.82) is 0 Å². The van der Waals surface area contributed by atoms with Crippen molar-refractivity contribution < 1.29 is 4.39 Å². The van der Waals surface area contributed by atoms with Gasteiger partial charge in [-0.15, -0.1) is 0 Å². The van der Waals surface area contributed by atoms with Crippen LogP contribution in [0.15, 0.2) is 16.8 Å². The fourth-order valence-electron chi connectivity index (χ4n) is 0.419. The Morgan fingerprint density at radius 2 is 2.40 bits per heavy atom. The highest BCUT2D eigenvalue weighted by Crippen LogP contribution is 1.94. The van der Waals surface area contributed by atoms with Crippen molar-refractivity contribution in [2.24, 2.45) is 16.5 Å². The van der Waals surface area contributed by atoms with Gasteiger partial charge in [-0.2, -0.15) is 0 Å². The zero-order valence-electron chi connectivity index (χ0n) is 5.92. The van der Waals surface area contributed by atoms with Crippen molar-refractivity contribution >= 4 is 6.21 Å². The van der Waals surface area contributed by atoms with E-state index in [0.717, 1.165) is 12.0 Å². The molecule has 4 N–H and O–H groups in total. The molecule has 10 heavy (non-hydrogen) atoms. The van der Waals surface area contributed by atoms with E-state index >= 15 is 0 Å². The van der Waals surface area contributed by atoms with E-state index in [1.807, 2.05) is 6.92 Å². The minimum Gasteiger partial charge on any atom is -0.404 e. The number of nitrogens with two attached hydrogens (primary N) is 2. The van der Waals surface area contributed by atoms with Crippen molar-refractivity contribution in [3.8, 4) is 0 Å². The second-order valence-corrected chi connectivity index (χ2v) is 1.75. The van der Waals surface area contributed by atoms with Gasteiger partial charge in [-0.05, 0) is 18.2 Å². The zero-order valence-corrected chi connectivity index (χ0v) is 5.92. The van der Waals surface area contributed by atoms with Gasteiger partial charge in [-0.25, -0.2) is 9.38 Å². The van der Waals surface area contributed by atoms with Crippen LogP contribution in [0.5, 0.6) is 0 Å². The maximum Gasteiger partial charge on any atom is 0.241 e. The van der Waals surface area contributed by atoms with Gasteiger partial charge in [0.1, 0.15) is 0 Å². The summed E-state index contributed by atoms with van der Waals surface area (Å²) < 4.78 is 11.8. The van der Waals surface area contributed by atoms with E-state index in [0.29, 0.717) is 0 Å². The molecule has 0 aromatic carbocycles. The number of rotatable bonds is 3. The average Bonchev–Trinajstić information content (AvgIpc) is 1.90. The van der Waals surface area contributed by atoms with Gasteiger partial charge in [0.2, 0.25) is 6.42 Å². The lowest BCUT2D eigenvalue weighted by Crippen LogP contribution is -2.09. The molecule has 0 heterocycles. The number of halogens is 1. The highest BCUT2D eigenvalue weighted by molar-refractivity contribution is 5.78. The van der Waals surface area contributed by atoms with E-state index in [1.54, 1.807) is 0 Å². The Labute approximate surface area is 59.6 Å². The summed E-state index contributed by atoms with van der Waals surface area (Å²) in [5, 5.41) is 0. The molecule has 1 atom stereocenters. The summed E-state index contributed by atoms with van der Waals surface area (Å²) in [6.45, 7) is 1.90. The SMILES string of the molecule is CCC(=C/N)/C=N/C(N)F. The molecule has 0 fully saturated rings. The molecule has 0 saturated carbocycles. The highest BCUT2D eigenvalue weighted by atomic mass is 19.1. The number of aliphatic imine (C=N–C) groups is 1. The van der Waals surface area contributed by atoms with Crippen LogP contribution in [0.4, 0.5) is 4.39 Å². The van der Waals surface area contributed by atoms with Crippen LogP contribution in [0.25, 0.3) is 0 Å². The Hall–Kier alpha value is -0.900. The summed E-state index contributed by atoms with van der Waals surface area (Å²) in [5.74, 6) is 0. The maximum absolute atomic E-state index is 11.8. The molecule has 0 radical (unpaired) electrons. The lowest BCUT2D eigenvalue weighted by Gasteiger charge is -1.94. The molecule has 3 nitrogen and oxygen atoms in total. The van der Waals surface area contributed by atoms with E-state index in [1.165, 1.54) is 12.4 Å². The Balaban J connectivity index is 3.86. The van der Waals surface area contributed by atoms with Gasteiger partial charge in [0.05, 0.1) is 0 Å².